The number of carbonyl (C=O) groups is 3. The van der Waals surface area contributed by atoms with Gasteiger partial charge in [-0.05, 0) is 61.1 Å². The maximum Gasteiger partial charge on any atom is 0.341 e. The number of thioether (sulfide) groups is 1. The fourth-order valence-corrected chi connectivity index (χ4v) is 7.04. The monoisotopic (exact) mass is 578 g/mol. The number of methoxy groups -OCH3 is 1. The SMILES string of the molecule is COC(=O)c1c(NC(=O)[C@H]2SC(=Nc3ccc(F)cc3)C(C(=O)NCc3ccccc3)=C2N)sc2c1CCCC2. The van der Waals surface area contributed by atoms with Gasteiger partial charge in [0.1, 0.15) is 21.1 Å². The van der Waals surface area contributed by atoms with Gasteiger partial charge in [-0.15, -0.1) is 11.3 Å². The summed E-state index contributed by atoms with van der Waals surface area (Å²) in [6, 6.07) is 14.9. The molecule has 11 heteroatoms. The Labute approximate surface area is 238 Å². The van der Waals surface area contributed by atoms with E-state index in [0.717, 1.165) is 53.4 Å². The van der Waals surface area contributed by atoms with Crippen LogP contribution in [-0.4, -0.2) is 35.2 Å². The second-order valence-corrected chi connectivity index (χ2v) is 11.5. The highest BCUT2D eigenvalue weighted by Gasteiger charge is 2.39. The number of halogens is 1. The Hall–Kier alpha value is -3.96. The van der Waals surface area contributed by atoms with Crippen molar-refractivity contribution in [1.29, 1.82) is 0 Å². The van der Waals surface area contributed by atoms with Crippen molar-refractivity contribution in [3.8, 4) is 0 Å². The van der Waals surface area contributed by atoms with Gasteiger partial charge in [-0.3, -0.25) is 9.59 Å². The van der Waals surface area contributed by atoms with Crippen LogP contribution in [0.4, 0.5) is 15.1 Å². The second-order valence-electron chi connectivity index (χ2n) is 9.29. The van der Waals surface area contributed by atoms with Crippen molar-refractivity contribution in [2.24, 2.45) is 10.7 Å². The Morgan fingerprint density at radius 1 is 1.07 bits per heavy atom. The number of hydrogen-bond acceptors (Lipinski definition) is 8. The first kappa shape index (κ1) is 27.6. The smallest absolute Gasteiger partial charge is 0.341 e. The number of fused-ring (bicyclic) bond motifs is 1. The molecule has 1 atom stereocenters. The Morgan fingerprint density at radius 2 is 1.80 bits per heavy atom. The van der Waals surface area contributed by atoms with Crippen LogP contribution < -0.4 is 16.4 Å². The fourth-order valence-electron chi connectivity index (χ4n) is 4.64. The molecule has 206 valence electrons. The molecule has 3 aromatic rings. The Balaban J connectivity index is 1.44. The molecule has 0 radical (unpaired) electrons. The van der Waals surface area contributed by atoms with Crippen LogP contribution in [-0.2, 0) is 33.7 Å². The van der Waals surface area contributed by atoms with E-state index in [1.54, 1.807) is 0 Å². The number of nitrogens with zero attached hydrogens (tertiary/aromatic N) is 1. The normalized spacial score (nSPS) is 17.4. The highest BCUT2D eigenvalue weighted by Crippen LogP contribution is 2.40. The van der Waals surface area contributed by atoms with Crippen molar-refractivity contribution < 1.29 is 23.5 Å². The van der Waals surface area contributed by atoms with E-state index in [2.05, 4.69) is 15.6 Å². The number of anilines is 1. The van der Waals surface area contributed by atoms with Crippen molar-refractivity contribution >= 4 is 56.6 Å². The molecule has 2 amide bonds. The molecule has 2 aromatic carbocycles. The van der Waals surface area contributed by atoms with Crippen LogP contribution in [0.25, 0.3) is 0 Å². The van der Waals surface area contributed by atoms with Gasteiger partial charge in [-0.25, -0.2) is 14.2 Å². The van der Waals surface area contributed by atoms with Crippen molar-refractivity contribution in [3.05, 3.63) is 93.3 Å². The van der Waals surface area contributed by atoms with Crippen LogP contribution in [0.2, 0.25) is 0 Å². The molecule has 40 heavy (non-hydrogen) atoms. The molecule has 1 aliphatic heterocycles. The molecule has 2 aliphatic rings. The molecule has 2 heterocycles. The van der Waals surface area contributed by atoms with E-state index in [-0.39, 0.29) is 22.9 Å². The van der Waals surface area contributed by atoms with E-state index in [0.29, 0.717) is 16.3 Å². The molecule has 0 fully saturated rings. The van der Waals surface area contributed by atoms with Crippen LogP contribution >= 0.6 is 23.1 Å². The maximum atomic E-state index is 13.6. The van der Waals surface area contributed by atoms with E-state index in [1.807, 2.05) is 30.3 Å². The average Bonchev–Trinajstić information content (AvgIpc) is 3.49. The summed E-state index contributed by atoms with van der Waals surface area (Å²) in [5, 5.41) is 5.41. The molecule has 8 nitrogen and oxygen atoms in total. The maximum absolute atomic E-state index is 13.6. The zero-order chi connectivity index (χ0) is 28.2. The number of nitrogens with one attached hydrogen (secondary N) is 2. The summed E-state index contributed by atoms with van der Waals surface area (Å²) in [6.45, 7) is 0.255. The molecule has 0 saturated carbocycles. The quantitative estimate of drug-likeness (QED) is 0.344. The van der Waals surface area contributed by atoms with E-state index in [4.69, 9.17) is 10.5 Å². The first-order valence-electron chi connectivity index (χ1n) is 12.7. The first-order valence-corrected chi connectivity index (χ1v) is 14.4. The number of hydrogen-bond donors (Lipinski definition) is 3. The number of nitrogens with two attached hydrogens (primary N) is 1. The minimum Gasteiger partial charge on any atom is -0.465 e. The number of amides is 2. The van der Waals surface area contributed by atoms with Gasteiger partial charge in [0.05, 0.1) is 23.9 Å². The number of carbonyl (C=O) groups excluding carboxylic acids is 3. The highest BCUT2D eigenvalue weighted by atomic mass is 32.2. The van der Waals surface area contributed by atoms with Crippen LogP contribution in [0.3, 0.4) is 0 Å². The van der Waals surface area contributed by atoms with Gasteiger partial charge < -0.3 is 21.1 Å². The molecular weight excluding hydrogens is 551 g/mol. The molecule has 0 bridgehead atoms. The molecule has 0 unspecified atom stereocenters. The number of ether oxygens (including phenoxy) is 1. The Kier molecular flexibility index (Phi) is 8.32. The first-order chi connectivity index (χ1) is 19.4. The van der Waals surface area contributed by atoms with E-state index in [1.165, 1.54) is 42.7 Å². The Bertz CT molecular complexity index is 1520. The van der Waals surface area contributed by atoms with Crippen LogP contribution in [0.1, 0.15) is 39.2 Å². The number of aliphatic imine (C=N–C) groups is 1. The van der Waals surface area contributed by atoms with Gasteiger partial charge >= 0.3 is 5.97 Å². The van der Waals surface area contributed by atoms with Gasteiger partial charge in [-0.2, -0.15) is 0 Å². The molecule has 1 aromatic heterocycles. The standard InChI is InChI=1S/C29H27FN4O4S2/c1-38-29(37)21-19-9-5-6-10-20(19)39-27(21)34-26(36)24-23(31)22(25(35)32-15-16-7-3-2-4-8-16)28(40-24)33-18-13-11-17(30)12-14-18/h2-4,7-8,11-14,24H,5-6,9-10,15,31H2,1H3,(H,32,35)(H,34,36)/t24-/m0/s1. The third-order valence-corrected chi connectivity index (χ3v) is 9.06. The topological polar surface area (TPSA) is 123 Å². The molecule has 0 saturated heterocycles. The summed E-state index contributed by atoms with van der Waals surface area (Å²) in [5.41, 5.74) is 9.18. The molecular formula is C29H27FN4O4S2. The lowest BCUT2D eigenvalue weighted by atomic mass is 9.95. The average molecular weight is 579 g/mol. The Morgan fingerprint density at radius 3 is 2.52 bits per heavy atom. The van der Waals surface area contributed by atoms with E-state index in [9.17, 15) is 18.8 Å². The zero-order valence-electron chi connectivity index (χ0n) is 21.7. The number of esters is 1. The van der Waals surface area contributed by atoms with Crippen molar-refractivity contribution in [2.75, 3.05) is 12.4 Å². The van der Waals surface area contributed by atoms with Crippen LogP contribution in [0, 0.1) is 5.82 Å². The van der Waals surface area contributed by atoms with Crippen molar-refractivity contribution in [2.45, 2.75) is 37.5 Å². The summed E-state index contributed by atoms with van der Waals surface area (Å²) in [7, 11) is 1.31. The minimum absolute atomic E-state index is 0.0508. The number of aryl methyl sites for hydroxylation is 1. The van der Waals surface area contributed by atoms with E-state index < -0.39 is 28.9 Å². The molecule has 1 aliphatic carbocycles. The van der Waals surface area contributed by atoms with Crippen LogP contribution in [0.5, 0.6) is 0 Å². The molecule has 4 N–H and O–H groups in total. The van der Waals surface area contributed by atoms with Crippen molar-refractivity contribution in [3.63, 3.8) is 0 Å². The third kappa shape index (κ3) is 5.80. The third-order valence-electron chi connectivity index (χ3n) is 6.63. The van der Waals surface area contributed by atoms with Gasteiger partial charge in [0.2, 0.25) is 5.91 Å². The predicted octanol–water partition coefficient (Wildman–Crippen LogP) is 4.87. The van der Waals surface area contributed by atoms with Gasteiger partial charge in [-0.1, -0.05) is 42.1 Å². The molecule has 5 rings (SSSR count). The molecule has 0 spiro atoms. The summed E-state index contributed by atoms with van der Waals surface area (Å²) >= 11 is 2.40. The highest BCUT2D eigenvalue weighted by molar-refractivity contribution is 8.16. The lowest BCUT2D eigenvalue weighted by Gasteiger charge is -2.13. The number of rotatable bonds is 7. The van der Waals surface area contributed by atoms with Crippen molar-refractivity contribution in [1.82, 2.24) is 5.32 Å². The van der Waals surface area contributed by atoms with Gasteiger partial charge in [0, 0.05) is 17.1 Å². The second kappa shape index (κ2) is 12.1. The summed E-state index contributed by atoms with van der Waals surface area (Å²) in [5.74, 6) is -1.89. The van der Waals surface area contributed by atoms with Gasteiger partial charge in [0.25, 0.3) is 5.91 Å². The fraction of sp³-hybridized carbons (Fsp3) is 0.241. The minimum atomic E-state index is -0.971. The predicted molar refractivity (Wildman–Crippen MR) is 155 cm³/mol. The lowest BCUT2D eigenvalue weighted by molar-refractivity contribution is -0.117. The largest absolute Gasteiger partial charge is 0.465 e. The zero-order valence-corrected chi connectivity index (χ0v) is 23.3. The number of thiophene rings is 1. The number of benzene rings is 2. The van der Waals surface area contributed by atoms with Gasteiger partial charge in [0.15, 0.2) is 0 Å². The summed E-state index contributed by atoms with van der Waals surface area (Å²) in [6.07, 6.45) is 3.55. The lowest BCUT2D eigenvalue weighted by Crippen LogP contribution is -2.31. The van der Waals surface area contributed by atoms with E-state index >= 15 is 0 Å². The summed E-state index contributed by atoms with van der Waals surface area (Å²) in [4.78, 5) is 45.1. The van der Waals surface area contributed by atoms with Crippen LogP contribution in [0.15, 0.2) is 70.9 Å². The summed E-state index contributed by atoms with van der Waals surface area (Å²) < 4.78 is 18.5.